The molecule has 0 radical (unpaired) electrons. The Morgan fingerprint density at radius 1 is 1.60 bits per heavy atom. The van der Waals surface area contributed by atoms with E-state index in [2.05, 4.69) is 11.3 Å². The first-order valence-electron chi connectivity index (χ1n) is 3.45. The zero-order chi connectivity index (χ0) is 7.82. The molecule has 0 rings (SSSR count). The lowest BCUT2D eigenvalue weighted by Crippen LogP contribution is -2.11. The summed E-state index contributed by atoms with van der Waals surface area (Å²) >= 11 is 0. The average molecular weight is 162 g/mol. The summed E-state index contributed by atoms with van der Waals surface area (Å²) in [5.41, 5.74) is 0. The van der Waals surface area contributed by atoms with Gasteiger partial charge in [-0.05, 0) is 6.42 Å². The van der Waals surface area contributed by atoms with Gasteiger partial charge in [-0.25, -0.2) is 0 Å². The van der Waals surface area contributed by atoms with Crippen LogP contribution in [0.3, 0.4) is 0 Å². The van der Waals surface area contributed by atoms with E-state index in [1.165, 1.54) is 0 Å². The van der Waals surface area contributed by atoms with Crippen LogP contribution in [0.1, 0.15) is 19.8 Å². The highest BCUT2D eigenvalue weighted by molar-refractivity contribution is 6.05. The molecular formula is C6H14O3Si. The van der Waals surface area contributed by atoms with Crippen LogP contribution in [0.4, 0.5) is 0 Å². The Morgan fingerprint density at radius 2 is 2.30 bits per heavy atom. The second-order valence-corrected chi connectivity index (χ2v) is 2.39. The van der Waals surface area contributed by atoms with Gasteiger partial charge in [-0.15, -0.1) is 0 Å². The normalized spacial score (nSPS) is 9.70. The van der Waals surface area contributed by atoms with E-state index in [0.717, 1.165) is 12.8 Å². The van der Waals surface area contributed by atoms with Crippen LogP contribution < -0.4 is 0 Å². The van der Waals surface area contributed by atoms with Crippen molar-refractivity contribution in [3.63, 3.8) is 0 Å². The van der Waals surface area contributed by atoms with Gasteiger partial charge in [-0.2, -0.15) is 0 Å². The Kier molecular flexibility index (Phi) is 6.52. The SMILES string of the molecule is CCCCOCC(=O)O[SiH3]. The number of carbonyl (C=O) groups excluding carboxylic acids is 1. The topological polar surface area (TPSA) is 35.5 Å². The van der Waals surface area contributed by atoms with Crippen molar-refractivity contribution in [2.24, 2.45) is 0 Å². The fourth-order valence-corrected chi connectivity index (χ4v) is 0.579. The summed E-state index contributed by atoms with van der Waals surface area (Å²) < 4.78 is 9.48. The van der Waals surface area contributed by atoms with E-state index in [1.54, 1.807) is 0 Å². The zero-order valence-corrected chi connectivity index (χ0v) is 8.55. The zero-order valence-electron chi connectivity index (χ0n) is 6.55. The molecule has 4 heteroatoms. The maximum absolute atomic E-state index is 10.5. The van der Waals surface area contributed by atoms with Crippen molar-refractivity contribution in [1.82, 2.24) is 0 Å². The van der Waals surface area contributed by atoms with Crippen molar-refractivity contribution in [2.45, 2.75) is 19.8 Å². The Labute approximate surface area is 64.2 Å². The molecule has 0 fully saturated rings. The van der Waals surface area contributed by atoms with Gasteiger partial charge < -0.3 is 9.16 Å². The first-order valence-corrected chi connectivity index (χ1v) is 4.27. The van der Waals surface area contributed by atoms with E-state index < -0.39 is 0 Å². The monoisotopic (exact) mass is 162 g/mol. The molecule has 0 saturated carbocycles. The molecule has 0 unspecified atom stereocenters. The van der Waals surface area contributed by atoms with Crippen LogP contribution in [0.15, 0.2) is 0 Å². The third-order valence-electron chi connectivity index (χ3n) is 1.09. The molecule has 0 atom stereocenters. The van der Waals surface area contributed by atoms with Gasteiger partial charge in [0, 0.05) is 6.61 Å². The molecule has 0 aromatic rings. The predicted octanol–water partition coefficient (Wildman–Crippen LogP) is -0.373. The maximum Gasteiger partial charge on any atom is 0.318 e. The average Bonchev–Trinajstić information content (AvgIpc) is 1.98. The highest BCUT2D eigenvalue weighted by Crippen LogP contribution is 1.87. The van der Waals surface area contributed by atoms with Crippen molar-refractivity contribution in [2.75, 3.05) is 13.2 Å². The predicted molar refractivity (Wildman–Crippen MR) is 41.8 cm³/mol. The highest BCUT2D eigenvalue weighted by atomic mass is 28.2. The van der Waals surface area contributed by atoms with E-state index in [0.29, 0.717) is 17.1 Å². The molecule has 0 aliphatic carbocycles. The van der Waals surface area contributed by atoms with Crippen molar-refractivity contribution in [1.29, 1.82) is 0 Å². The number of hydrogen-bond donors (Lipinski definition) is 0. The summed E-state index contributed by atoms with van der Waals surface area (Å²) in [5.74, 6) is -0.247. The summed E-state index contributed by atoms with van der Waals surface area (Å²) in [6, 6.07) is 0. The molecule has 0 heterocycles. The summed E-state index contributed by atoms with van der Waals surface area (Å²) in [4.78, 5) is 10.5. The van der Waals surface area contributed by atoms with E-state index in [-0.39, 0.29) is 12.6 Å². The molecule has 0 bridgehead atoms. The van der Waals surface area contributed by atoms with Gasteiger partial charge in [0.25, 0.3) is 0 Å². The molecule has 10 heavy (non-hydrogen) atoms. The van der Waals surface area contributed by atoms with Crippen LogP contribution in [-0.4, -0.2) is 29.7 Å². The third kappa shape index (κ3) is 5.78. The van der Waals surface area contributed by atoms with Crippen LogP contribution in [0.2, 0.25) is 0 Å². The Balaban J connectivity index is 2.96. The van der Waals surface area contributed by atoms with Crippen LogP contribution in [0, 0.1) is 0 Å². The van der Waals surface area contributed by atoms with Gasteiger partial charge in [-0.3, -0.25) is 4.79 Å². The lowest BCUT2D eigenvalue weighted by molar-refractivity contribution is -0.139. The van der Waals surface area contributed by atoms with Crippen LogP contribution in [0.25, 0.3) is 0 Å². The van der Waals surface area contributed by atoms with E-state index in [9.17, 15) is 4.79 Å². The van der Waals surface area contributed by atoms with Gasteiger partial charge in [0.2, 0.25) is 10.5 Å². The third-order valence-corrected chi connectivity index (χ3v) is 1.55. The molecule has 0 N–H and O–H groups in total. The molecular weight excluding hydrogens is 148 g/mol. The smallest absolute Gasteiger partial charge is 0.318 e. The summed E-state index contributed by atoms with van der Waals surface area (Å²) in [6.07, 6.45) is 2.10. The first-order chi connectivity index (χ1) is 4.81. The van der Waals surface area contributed by atoms with Gasteiger partial charge in [0.1, 0.15) is 6.61 Å². The van der Waals surface area contributed by atoms with Crippen LogP contribution in [0.5, 0.6) is 0 Å². The second-order valence-electron chi connectivity index (χ2n) is 1.98. The first kappa shape index (κ1) is 9.65. The van der Waals surface area contributed by atoms with Gasteiger partial charge in [-0.1, -0.05) is 13.3 Å². The molecule has 0 saturated heterocycles. The molecule has 0 spiro atoms. The largest absolute Gasteiger partial charge is 0.527 e. The Hall–Kier alpha value is -0.353. The lowest BCUT2D eigenvalue weighted by Gasteiger charge is -2.00. The standard InChI is InChI=1S/C6H14O3Si/c1-2-3-4-8-5-6(7)9-10/h2-5H2,1,10H3. The molecule has 0 aliphatic heterocycles. The molecule has 0 aliphatic rings. The fourth-order valence-electron chi connectivity index (χ4n) is 0.461. The molecule has 0 aromatic heterocycles. The van der Waals surface area contributed by atoms with Gasteiger partial charge >= 0.3 is 5.97 Å². The number of unbranched alkanes of at least 4 members (excludes halogenated alkanes) is 1. The minimum absolute atomic E-state index is 0.115. The van der Waals surface area contributed by atoms with Crippen molar-refractivity contribution >= 4 is 16.5 Å². The summed E-state index contributed by atoms with van der Waals surface area (Å²) in [6.45, 7) is 2.85. The minimum Gasteiger partial charge on any atom is -0.527 e. The van der Waals surface area contributed by atoms with E-state index in [1.807, 2.05) is 0 Å². The Morgan fingerprint density at radius 3 is 2.80 bits per heavy atom. The van der Waals surface area contributed by atoms with E-state index in [4.69, 9.17) is 4.74 Å². The summed E-state index contributed by atoms with van der Waals surface area (Å²) in [7, 11) is 0.463. The van der Waals surface area contributed by atoms with Crippen LogP contribution in [-0.2, 0) is 14.0 Å². The minimum atomic E-state index is -0.247. The number of hydrogen-bond acceptors (Lipinski definition) is 3. The van der Waals surface area contributed by atoms with Crippen molar-refractivity contribution in [3.8, 4) is 0 Å². The number of rotatable bonds is 5. The quantitative estimate of drug-likeness (QED) is 0.408. The highest BCUT2D eigenvalue weighted by Gasteiger charge is 1.96. The summed E-state index contributed by atoms with van der Waals surface area (Å²) in [5, 5.41) is 0. The molecule has 0 amide bonds. The lowest BCUT2D eigenvalue weighted by atomic mass is 10.4. The number of carbonyl (C=O) groups is 1. The molecule has 0 aromatic carbocycles. The fraction of sp³-hybridized carbons (Fsp3) is 0.833. The van der Waals surface area contributed by atoms with Crippen molar-refractivity contribution < 1.29 is 14.0 Å². The maximum atomic E-state index is 10.5. The van der Waals surface area contributed by atoms with Gasteiger partial charge in [0.15, 0.2) is 0 Å². The molecule has 3 nitrogen and oxygen atoms in total. The molecule has 60 valence electrons. The van der Waals surface area contributed by atoms with Crippen molar-refractivity contribution in [3.05, 3.63) is 0 Å². The Bertz CT molecular complexity index is 95.0. The van der Waals surface area contributed by atoms with E-state index >= 15 is 0 Å². The van der Waals surface area contributed by atoms with Gasteiger partial charge in [0.05, 0.1) is 0 Å². The number of ether oxygens (including phenoxy) is 1. The van der Waals surface area contributed by atoms with Crippen LogP contribution >= 0.6 is 0 Å². The second kappa shape index (κ2) is 6.76.